The maximum absolute atomic E-state index is 13.2. The third kappa shape index (κ3) is 7.07. The Balaban J connectivity index is 1.67. The van der Waals surface area contributed by atoms with Gasteiger partial charge in [-0.25, -0.2) is 0 Å². The van der Waals surface area contributed by atoms with Gasteiger partial charge >= 0.3 is 11.9 Å². The van der Waals surface area contributed by atoms with E-state index in [1.54, 1.807) is 25.3 Å². The molecule has 4 rings (SSSR count). The highest BCUT2D eigenvalue weighted by atomic mass is 79.9. The van der Waals surface area contributed by atoms with E-state index in [1.165, 1.54) is 6.92 Å². The Bertz CT molecular complexity index is 1170. The number of aliphatic hydroxyl groups is 2. The number of phenolic OH excluding ortho intramolecular Hbond substituents is 1. The molecular formula is C32H47BrO10. The van der Waals surface area contributed by atoms with Crippen molar-refractivity contribution in [2.45, 2.75) is 122 Å². The molecular weight excluding hydrogens is 624 g/mol. The number of aliphatic hydroxyl groups excluding tert-OH is 1. The number of hydrogen-bond acceptors (Lipinski definition) is 10. The minimum Gasteiger partial charge on any atom is -0.508 e. The van der Waals surface area contributed by atoms with Gasteiger partial charge in [0, 0.05) is 35.3 Å². The standard InChI is InChI=1S/C32H47BrO10/c1-17(8-11-24(39-7)22-12-21(35)9-10-23(22)33)29-19(3)26-15-32(42-29)30(5,6)14-18(2)31(38,43-32)16-28(37)40-25(20(4)34)13-27(36)41-26/h9-10,12,17-20,24-26,29,34-35,38H,8,11,13-16H2,1-7H3/t17-,18+,19-,20+,24-,25+,26-,29+,31-,32+/m0/s1. The maximum Gasteiger partial charge on any atom is 0.311 e. The molecule has 0 saturated carbocycles. The second-order valence-electron chi connectivity index (χ2n) is 13.5. The number of halogens is 1. The van der Waals surface area contributed by atoms with Crippen LogP contribution in [-0.2, 0) is 33.3 Å². The zero-order valence-corrected chi connectivity index (χ0v) is 27.8. The highest BCUT2D eigenvalue weighted by Crippen LogP contribution is 2.57. The summed E-state index contributed by atoms with van der Waals surface area (Å²) in [6.45, 7) is 11.3. The number of carbonyl (C=O) groups is 2. The van der Waals surface area contributed by atoms with Crippen LogP contribution >= 0.6 is 15.9 Å². The third-order valence-electron chi connectivity index (χ3n) is 9.79. The lowest BCUT2D eigenvalue weighted by atomic mass is 9.66. The summed E-state index contributed by atoms with van der Waals surface area (Å²) in [4.78, 5) is 26.1. The Morgan fingerprint density at radius 3 is 2.44 bits per heavy atom. The van der Waals surface area contributed by atoms with Crippen LogP contribution in [0.2, 0.25) is 0 Å². The first-order valence-corrected chi connectivity index (χ1v) is 16.0. The number of aromatic hydroxyl groups is 1. The fraction of sp³-hybridized carbons (Fsp3) is 0.750. The molecule has 3 bridgehead atoms. The van der Waals surface area contributed by atoms with Crippen molar-refractivity contribution in [3.05, 3.63) is 28.2 Å². The first-order chi connectivity index (χ1) is 20.0. The van der Waals surface area contributed by atoms with Crippen molar-refractivity contribution in [2.75, 3.05) is 7.11 Å². The number of phenols is 1. The average molecular weight is 672 g/mol. The van der Waals surface area contributed by atoms with Gasteiger partial charge in [-0.1, -0.05) is 50.5 Å². The summed E-state index contributed by atoms with van der Waals surface area (Å²) in [5.41, 5.74) is 0.222. The maximum atomic E-state index is 13.2. The Kier molecular flexibility index (Phi) is 10.3. The molecule has 0 unspecified atom stereocenters. The highest BCUT2D eigenvalue weighted by Gasteiger charge is 2.64. The molecule has 11 heteroatoms. The van der Waals surface area contributed by atoms with Crippen molar-refractivity contribution in [3.8, 4) is 5.75 Å². The number of methoxy groups -OCH3 is 1. The molecule has 1 aromatic rings. The number of cyclic esters (lactones) is 1. The van der Waals surface area contributed by atoms with Crippen LogP contribution in [0.4, 0.5) is 0 Å². The first-order valence-electron chi connectivity index (χ1n) is 15.2. The molecule has 1 aromatic carbocycles. The van der Waals surface area contributed by atoms with Gasteiger partial charge < -0.3 is 39.0 Å². The average Bonchev–Trinajstić information content (AvgIpc) is 2.90. The molecule has 1 spiro atoms. The lowest BCUT2D eigenvalue weighted by Crippen LogP contribution is -2.68. The van der Waals surface area contributed by atoms with Crippen LogP contribution in [0.3, 0.4) is 0 Å². The summed E-state index contributed by atoms with van der Waals surface area (Å²) < 4.78 is 31.6. The van der Waals surface area contributed by atoms with Crippen LogP contribution in [-0.4, -0.2) is 70.4 Å². The second-order valence-corrected chi connectivity index (χ2v) is 14.4. The summed E-state index contributed by atoms with van der Waals surface area (Å²) >= 11 is 3.56. The Morgan fingerprint density at radius 2 is 1.79 bits per heavy atom. The van der Waals surface area contributed by atoms with Gasteiger partial charge in [0.25, 0.3) is 0 Å². The summed E-state index contributed by atoms with van der Waals surface area (Å²) in [6, 6.07) is 5.08. The smallest absolute Gasteiger partial charge is 0.311 e. The van der Waals surface area contributed by atoms with E-state index < -0.39 is 65.7 Å². The summed E-state index contributed by atoms with van der Waals surface area (Å²) in [5.74, 6) is -5.20. The lowest BCUT2D eigenvalue weighted by Gasteiger charge is -2.61. The van der Waals surface area contributed by atoms with Crippen molar-refractivity contribution >= 4 is 27.9 Å². The minimum atomic E-state index is -1.89. The normalized spacial score (nSPS) is 36.7. The van der Waals surface area contributed by atoms with E-state index in [1.807, 2.05) is 27.7 Å². The fourth-order valence-corrected chi connectivity index (χ4v) is 7.51. The van der Waals surface area contributed by atoms with Crippen LogP contribution in [0.5, 0.6) is 5.75 Å². The number of hydrogen-bond donors (Lipinski definition) is 3. The summed E-state index contributed by atoms with van der Waals surface area (Å²) in [5, 5.41) is 32.1. The third-order valence-corrected chi connectivity index (χ3v) is 10.5. The van der Waals surface area contributed by atoms with Gasteiger partial charge in [0.2, 0.25) is 0 Å². The number of carbonyl (C=O) groups excluding carboxylic acids is 2. The number of fused-ring (bicyclic) bond motifs is 2. The molecule has 3 aliphatic rings. The van der Waals surface area contributed by atoms with Crippen molar-refractivity contribution in [1.82, 2.24) is 0 Å². The van der Waals surface area contributed by atoms with Gasteiger partial charge in [-0.3, -0.25) is 9.59 Å². The molecule has 0 radical (unpaired) electrons. The lowest BCUT2D eigenvalue weighted by molar-refractivity contribution is -0.452. The van der Waals surface area contributed by atoms with E-state index in [0.717, 1.165) is 10.0 Å². The van der Waals surface area contributed by atoms with Crippen LogP contribution in [0.1, 0.15) is 91.7 Å². The SMILES string of the molecule is CO[C@@H](CC[C@H](C)[C@H]1O[C@]23C[C@H](OC(=O)C[C@H]([C@@H](C)O)OC(=O)C[C@](O)(O2)[C@H](C)CC3(C)C)[C@@H]1C)c1cc(O)ccc1Br. The molecule has 43 heavy (non-hydrogen) atoms. The van der Waals surface area contributed by atoms with E-state index in [9.17, 15) is 24.9 Å². The Labute approximate surface area is 262 Å². The minimum absolute atomic E-state index is 0.0583. The predicted molar refractivity (Wildman–Crippen MR) is 160 cm³/mol. The number of rotatable bonds is 7. The van der Waals surface area contributed by atoms with Gasteiger partial charge in [0.05, 0.1) is 31.2 Å². The van der Waals surface area contributed by atoms with E-state index in [-0.39, 0.29) is 36.5 Å². The summed E-state index contributed by atoms with van der Waals surface area (Å²) in [7, 11) is 1.63. The topological polar surface area (TPSA) is 141 Å². The first kappa shape index (κ1) is 34.1. The van der Waals surface area contributed by atoms with E-state index in [2.05, 4.69) is 22.9 Å². The van der Waals surface area contributed by atoms with E-state index in [4.69, 9.17) is 23.7 Å². The largest absolute Gasteiger partial charge is 0.508 e. The number of benzene rings is 1. The number of ether oxygens (including phenoxy) is 5. The molecule has 10 nitrogen and oxygen atoms in total. The molecule has 3 fully saturated rings. The zero-order chi connectivity index (χ0) is 31.9. The molecule has 0 aliphatic carbocycles. The Hall–Kier alpha value is -1.76. The molecule has 3 aliphatic heterocycles. The van der Waals surface area contributed by atoms with Crippen LogP contribution in [0.15, 0.2) is 22.7 Å². The highest BCUT2D eigenvalue weighted by molar-refractivity contribution is 9.10. The van der Waals surface area contributed by atoms with Gasteiger partial charge in [-0.05, 0) is 55.9 Å². The predicted octanol–water partition coefficient (Wildman–Crippen LogP) is 5.15. The second kappa shape index (κ2) is 12.9. The summed E-state index contributed by atoms with van der Waals surface area (Å²) in [6.07, 6.45) is -2.41. The van der Waals surface area contributed by atoms with Crippen LogP contribution in [0, 0.1) is 23.2 Å². The molecule has 0 amide bonds. The van der Waals surface area contributed by atoms with Crippen LogP contribution in [0.25, 0.3) is 0 Å². The van der Waals surface area contributed by atoms with Crippen molar-refractivity contribution in [3.63, 3.8) is 0 Å². The van der Waals surface area contributed by atoms with Crippen molar-refractivity contribution in [2.24, 2.45) is 23.2 Å². The van der Waals surface area contributed by atoms with Crippen molar-refractivity contribution in [1.29, 1.82) is 0 Å². The van der Waals surface area contributed by atoms with Gasteiger partial charge in [-0.15, -0.1) is 0 Å². The molecule has 0 aromatic heterocycles. The van der Waals surface area contributed by atoms with Crippen LogP contribution < -0.4 is 0 Å². The molecule has 3 N–H and O–H groups in total. The molecule has 242 valence electrons. The Morgan fingerprint density at radius 1 is 1.09 bits per heavy atom. The van der Waals surface area contributed by atoms with E-state index >= 15 is 0 Å². The molecule has 3 saturated heterocycles. The zero-order valence-electron chi connectivity index (χ0n) is 26.2. The van der Waals surface area contributed by atoms with Gasteiger partial charge in [0.1, 0.15) is 18.0 Å². The molecule has 3 heterocycles. The molecule has 10 atom stereocenters. The van der Waals surface area contributed by atoms with Gasteiger partial charge in [0.15, 0.2) is 11.6 Å². The fourth-order valence-electron chi connectivity index (χ4n) is 7.00. The van der Waals surface area contributed by atoms with Crippen molar-refractivity contribution < 1.29 is 48.6 Å². The quantitative estimate of drug-likeness (QED) is 0.334. The monoisotopic (exact) mass is 670 g/mol. The number of esters is 2. The van der Waals surface area contributed by atoms with E-state index in [0.29, 0.717) is 19.3 Å². The van der Waals surface area contributed by atoms with Gasteiger partial charge in [-0.2, -0.15) is 0 Å².